The van der Waals surface area contributed by atoms with E-state index in [-0.39, 0.29) is 0 Å². The van der Waals surface area contributed by atoms with Gasteiger partial charge in [-0.15, -0.1) is 0 Å². The lowest BCUT2D eigenvalue weighted by Crippen LogP contribution is -2.03. The predicted molar refractivity (Wildman–Crippen MR) is 217 cm³/mol. The fourth-order valence-electron chi connectivity index (χ4n) is 8.19. The van der Waals surface area contributed by atoms with Crippen molar-refractivity contribution in [1.82, 2.24) is 19.1 Å². The molecule has 11 rings (SSSR count). The molecule has 3 heterocycles. The molecule has 0 fully saturated rings. The van der Waals surface area contributed by atoms with Crippen molar-refractivity contribution < 1.29 is 0 Å². The highest BCUT2D eigenvalue weighted by atomic mass is 15.2. The van der Waals surface area contributed by atoms with Crippen molar-refractivity contribution in [2.75, 3.05) is 0 Å². The summed E-state index contributed by atoms with van der Waals surface area (Å²) in [6.45, 7) is 0. The summed E-state index contributed by atoms with van der Waals surface area (Å²) in [6, 6.07) is 64.9. The summed E-state index contributed by atoms with van der Waals surface area (Å²) >= 11 is 0. The van der Waals surface area contributed by atoms with Gasteiger partial charge in [0, 0.05) is 38.2 Å². The number of para-hydroxylation sites is 3. The van der Waals surface area contributed by atoms with E-state index in [2.05, 4.69) is 179 Å². The summed E-state index contributed by atoms with van der Waals surface area (Å²) in [5.74, 6) is 0.661. The highest BCUT2D eigenvalue weighted by Crippen LogP contribution is 2.41. The van der Waals surface area contributed by atoms with Crippen molar-refractivity contribution in [3.63, 3.8) is 0 Å². The maximum absolute atomic E-state index is 5.32. The average molecular weight is 663 g/mol. The quantitative estimate of drug-likeness (QED) is 0.188. The lowest BCUT2D eigenvalue weighted by Gasteiger charge is -2.14. The van der Waals surface area contributed by atoms with E-state index in [0.717, 1.165) is 55.2 Å². The molecular formula is C48H30N4. The summed E-state index contributed by atoms with van der Waals surface area (Å²) in [6.07, 6.45) is 0. The Morgan fingerprint density at radius 2 is 0.885 bits per heavy atom. The molecule has 0 spiro atoms. The van der Waals surface area contributed by atoms with E-state index in [1.54, 1.807) is 0 Å². The third-order valence-electron chi connectivity index (χ3n) is 10.5. The highest BCUT2D eigenvalue weighted by molar-refractivity contribution is 6.19. The van der Waals surface area contributed by atoms with Crippen LogP contribution in [0.3, 0.4) is 0 Å². The van der Waals surface area contributed by atoms with Crippen LogP contribution in [0.5, 0.6) is 0 Å². The zero-order valence-corrected chi connectivity index (χ0v) is 28.1. The molecule has 0 bridgehead atoms. The van der Waals surface area contributed by atoms with Crippen LogP contribution in [0.2, 0.25) is 0 Å². The topological polar surface area (TPSA) is 35.6 Å². The first-order valence-electron chi connectivity index (χ1n) is 17.7. The zero-order chi connectivity index (χ0) is 34.2. The third kappa shape index (κ3) is 4.28. The molecule has 4 heteroatoms. The van der Waals surface area contributed by atoms with Crippen molar-refractivity contribution in [1.29, 1.82) is 0 Å². The molecule has 0 aliphatic carbocycles. The van der Waals surface area contributed by atoms with Gasteiger partial charge in [-0.05, 0) is 64.4 Å². The second-order valence-corrected chi connectivity index (χ2v) is 13.4. The summed E-state index contributed by atoms with van der Waals surface area (Å²) in [5.41, 5.74) is 11.0. The Hall–Kier alpha value is -7.04. The van der Waals surface area contributed by atoms with Gasteiger partial charge in [-0.25, -0.2) is 9.97 Å². The van der Waals surface area contributed by atoms with Crippen LogP contribution in [0.1, 0.15) is 0 Å². The number of fused-ring (bicyclic) bond motifs is 8. The molecule has 0 aliphatic rings. The Morgan fingerprint density at radius 3 is 1.60 bits per heavy atom. The molecule has 0 amide bonds. The minimum Gasteiger partial charge on any atom is -0.309 e. The van der Waals surface area contributed by atoms with Gasteiger partial charge in [-0.3, -0.25) is 4.57 Å². The summed E-state index contributed by atoms with van der Waals surface area (Å²) in [7, 11) is 0. The van der Waals surface area contributed by atoms with Gasteiger partial charge in [0.15, 0.2) is 0 Å². The maximum atomic E-state index is 5.32. The van der Waals surface area contributed by atoms with Crippen LogP contribution in [0.4, 0.5) is 0 Å². The predicted octanol–water partition coefficient (Wildman–Crippen LogP) is 12.3. The molecule has 0 atom stereocenters. The molecule has 0 aliphatic heterocycles. The van der Waals surface area contributed by atoms with Crippen LogP contribution in [0.25, 0.3) is 99.3 Å². The SMILES string of the molecule is c1ccc(-c2cc(-n3c4ccccc4c4cc5c(cc43)c3ccccc3n5-c3nc(-c4ccccc4)c4ccccc4n3)cc3ccccc23)cc1. The van der Waals surface area contributed by atoms with Crippen molar-refractivity contribution in [2.45, 2.75) is 0 Å². The van der Waals surface area contributed by atoms with Gasteiger partial charge >= 0.3 is 0 Å². The van der Waals surface area contributed by atoms with Crippen LogP contribution < -0.4 is 0 Å². The van der Waals surface area contributed by atoms with Gasteiger partial charge in [0.05, 0.1) is 33.3 Å². The van der Waals surface area contributed by atoms with Crippen LogP contribution in [0.15, 0.2) is 182 Å². The molecule has 0 unspecified atom stereocenters. The largest absolute Gasteiger partial charge is 0.309 e. The number of hydrogen-bond donors (Lipinski definition) is 0. The van der Waals surface area contributed by atoms with Crippen molar-refractivity contribution >= 4 is 65.3 Å². The summed E-state index contributed by atoms with van der Waals surface area (Å²) in [5, 5.41) is 8.21. The van der Waals surface area contributed by atoms with E-state index in [4.69, 9.17) is 9.97 Å². The molecule has 0 saturated heterocycles. The van der Waals surface area contributed by atoms with Crippen LogP contribution in [0, 0.1) is 0 Å². The number of benzene rings is 8. The Bertz CT molecular complexity index is 2960. The lowest BCUT2D eigenvalue weighted by molar-refractivity contribution is 1.01. The lowest BCUT2D eigenvalue weighted by atomic mass is 9.97. The van der Waals surface area contributed by atoms with Crippen molar-refractivity contribution in [3.05, 3.63) is 182 Å². The van der Waals surface area contributed by atoms with E-state index < -0.39 is 0 Å². The standard InChI is InChI=1S/C48H30N4/c1-3-15-31(16-4-1)39-28-34(27-33-19-7-8-20-35(33)39)51-43-25-13-10-21-36(43)40-30-46-41(29-45(40)51)37-22-11-14-26-44(37)52(46)48-49-42-24-12-9-23-38(42)47(50-48)32-17-5-2-6-18-32/h1-30H. The van der Waals surface area contributed by atoms with Crippen LogP contribution >= 0.6 is 0 Å². The van der Waals surface area contributed by atoms with Crippen molar-refractivity contribution in [3.8, 4) is 34.0 Å². The van der Waals surface area contributed by atoms with Gasteiger partial charge in [0.2, 0.25) is 5.95 Å². The maximum Gasteiger partial charge on any atom is 0.235 e. The zero-order valence-electron chi connectivity index (χ0n) is 28.1. The summed E-state index contributed by atoms with van der Waals surface area (Å²) < 4.78 is 4.69. The molecule has 242 valence electrons. The van der Waals surface area contributed by atoms with Crippen LogP contribution in [-0.2, 0) is 0 Å². The molecule has 52 heavy (non-hydrogen) atoms. The molecule has 3 aromatic heterocycles. The molecule has 0 radical (unpaired) electrons. The number of nitrogens with zero attached hydrogens (tertiary/aromatic N) is 4. The van der Waals surface area contributed by atoms with E-state index in [0.29, 0.717) is 5.95 Å². The van der Waals surface area contributed by atoms with Gasteiger partial charge in [0.25, 0.3) is 0 Å². The molecule has 0 saturated carbocycles. The van der Waals surface area contributed by atoms with Crippen molar-refractivity contribution in [2.24, 2.45) is 0 Å². The van der Waals surface area contributed by atoms with E-state index in [1.165, 1.54) is 38.2 Å². The fourth-order valence-corrected chi connectivity index (χ4v) is 8.19. The second kappa shape index (κ2) is 11.2. The smallest absolute Gasteiger partial charge is 0.235 e. The second-order valence-electron chi connectivity index (χ2n) is 13.4. The Morgan fingerprint density at radius 1 is 0.346 bits per heavy atom. The summed E-state index contributed by atoms with van der Waals surface area (Å²) in [4.78, 5) is 10.5. The molecular weight excluding hydrogens is 633 g/mol. The molecule has 0 N–H and O–H groups in total. The number of rotatable bonds is 4. The first-order valence-corrected chi connectivity index (χ1v) is 17.7. The van der Waals surface area contributed by atoms with Crippen LogP contribution in [-0.4, -0.2) is 19.1 Å². The van der Waals surface area contributed by atoms with Gasteiger partial charge in [0.1, 0.15) is 0 Å². The first kappa shape index (κ1) is 28.8. The normalized spacial score (nSPS) is 11.8. The minimum absolute atomic E-state index is 0.661. The Balaban J connectivity index is 1.24. The van der Waals surface area contributed by atoms with Gasteiger partial charge in [-0.2, -0.15) is 0 Å². The molecule has 8 aromatic carbocycles. The Labute approximate surface area is 299 Å². The number of aromatic nitrogens is 4. The number of hydrogen-bond acceptors (Lipinski definition) is 2. The molecule has 4 nitrogen and oxygen atoms in total. The van der Waals surface area contributed by atoms with Gasteiger partial charge in [-0.1, -0.05) is 140 Å². The minimum atomic E-state index is 0.661. The fraction of sp³-hybridized carbons (Fsp3) is 0. The van der Waals surface area contributed by atoms with Gasteiger partial charge < -0.3 is 4.57 Å². The average Bonchev–Trinajstić information content (AvgIpc) is 3.72. The monoisotopic (exact) mass is 662 g/mol. The third-order valence-corrected chi connectivity index (χ3v) is 10.5. The van der Waals surface area contributed by atoms with E-state index in [1.807, 2.05) is 12.1 Å². The van der Waals surface area contributed by atoms with E-state index >= 15 is 0 Å². The molecule has 11 aromatic rings. The first-order chi connectivity index (χ1) is 25.8. The Kier molecular flexibility index (Phi) is 6.22. The van der Waals surface area contributed by atoms with E-state index in [9.17, 15) is 0 Å². The highest BCUT2D eigenvalue weighted by Gasteiger charge is 2.21.